The zero-order valence-electron chi connectivity index (χ0n) is 16.1. The van der Waals surface area contributed by atoms with Crippen molar-refractivity contribution >= 4 is 11.8 Å². The Morgan fingerprint density at radius 1 is 0.815 bits per heavy atom. The van der Waals surface area contributed by atoms with E-state index in [1.807, 2.05) is 74.5 Å². The minimum absolute atomic E-state index is 0.0907. The van der Waals surface area contributed by atoms with Gasteiger partial charge in [-0.05, 0) is 24.0 Å². The number of aliphatic hydroxyl groups is 1. The predicted octanol–water partition coefficient (Wildman–Crippen LogP) is 2.46. The van der Waals surface area contributed by atoms with Gasteiger partial charge in [-0.3, -0.25) is 9.59 Å². The lowest BCUT2D eigenvalue weighted by molar-refractivity contribution is -0.130. The smallest absolute Gasteiger partial charge is 0.243 e. The summed E-state index contributed by atoms with van der Waals surface area (Å²) in [7, 11) is 0. The van der Waals surface area contributed by atoms with E-state index < -0.39 is 12.0 Å². The first kappa shape index (κ1) is 20.6. The van der Waals surface area contributed by atoms with Gasteiger partial charge in [-0.1, -0.05) is 74.5 Å². The monoisotopic (exact) mass is 368 g/mol. The van der Waals surface area contributed by atoms with Crippen molar-refractivity contribution in [2.45, 2.75) is 38.8 Å². The normalized spacial score (nSPS) is 13.3. The second kappa shape index (κ2) is 9.88. The quantitative estimate of drug-likeness (QED) is 0.670. The van der Waals surface area contributed by atoms with Crippen LogP contribution < -0.4 is 10.6 Å². The predicted molar refractivity (Wildman–Crippen MR) is 106 cm³/mol. The van der Waals surface area contributed by atoms with Crippen LogP contribution in [-0.4, -0.2) is 35.6 Å². The van der Waals surface area contributed by atoms with E-state index in [2.05, 4.69) is 10.6 Å². The van der Waals surface area contributed by atoms with E-state index in [9.17, 15) is 9.59 Å². The molecule has 27 heavy (non-hydrogen) atoms. The van der Waals surface area contributed by atoms with Crippen molar-refractivity contribution in [2.24, 2.45) is 5.92 Å². The third-order valence-corrected chi connectivity index (χ3v) is 4.44. The van der Waals surface area contributed by atoms with Gasteiger partial charge >= 0.3 is 0 Å². The topological polar surface area (TPSA) is 78.4 Å². The minimum Gasteiger partial charge on any atom is -0.394 e. The summed E-state index contributed by atoms with van der Waals surface area (Å²) in [6.45, 7) is 5.33. The summed E-state index contributed by atoms with van der Waals surface area (Å²) in [6.07, 6.45) is 0. The summed E-state index contributed by atoms with van der Waals surface area (Å²) < 4.78 is 0. The third kappa shape index (κ3) is 5.66. The van der Waals surface area contributed by atoms with E-state index in [4.69, 9.17) is 5.11 Å². The zero-order valence-corrected chi connectivity index (χ0v) is 16.1. The molecule has 2 rings (SSSR count). The Bertz CT molecular complexity index is 692. The average molecular weight is 368 g/mol. The van der Waals surface area contributed by atoms with Crippen LogP contribution in [0.3, 0.4) is 0 Å². The van der Waals surface area contributed by atoms with Gasteiger partial charge in [0.05, 0.1) is 12.5 Å². The molecule has 0 aromatic heterocycles. The van der Waals surface area contributed by atoms with Crippen molar-refractivity contribution in [2.75, 3.05) is 6.61 Å². The third-order valence-electron chi connectivity index (χ3n) is 4.44. The number of nitrogens with one attached hydrogen (secondary N) is 2. The molecule has 2 atom stereocenters. The van der Waals surface area contributed by atoms with E-state index >= 15 is 0 Å². The summed E-state index contributed by atoms with van der Waals surface area (Å²) in [5, 5.41) is 14.8. The van der Waals surface area contributed by atoms with Gasteiger partial charge in [0, 0.05) is 6.04 Å². The summed E-state index contributed by atoms with van der Waals surface area (Å²) in [5.74, 6) is -1.11. The van der Waals surface area contributed by atoms with Crippen LogP contribution in [0.1, 0.15) is 37.8 Å². The van der Waals surface area contributed by atoms with Gasteiger partial charge in [-0.25, -0.2) is 0 Å². The van der Waals surface area contributed by atoms with Crippen LogP contribution in [0.25, 0.3) is 0 Å². The Kier molecular flexibility index (Phi) is 7.55. The maximum absolute atomic E-state index is 13.2. The highest BCUT2D eigenvalue weighted by Gasteiger charge is 2.30. The molecule has 0 saturated heterocycles. The molecule has 0 aliphatic rings. The zero-order chi connectivity index (χ0) is 19.8. The number of carbonyl (C=O) groups is 2. The fourth-order valence-corrected chi connectivity index (χ4v) is 2.94. The number of aliphatic hydroxyl groups excluding tert-OH is 1. The Morgan fingerprint density at radius 3 is 1.70 bits per heavy atom. The molecule has 0 radical (unpaired) electrons. The van der Waals surface area contributed by atoms with Crippen molar-refractivity contribution in [3.8, 4) is 0 Å². The van der Waals surface area contributed by atoms with Crippen LogP contribution in [-0.2, 0) is 9.59 Å². The number of rotatable bonds is 8. The van der Waals surface area contributed by atoms with E-state index in [1.54, 1.807) is 6.92 Å². The van der Waals surface area contributed by atoms with Crippen LogP contribution in [0.2, 0.25) is 0 Å². The van der Waals surface area contributed by atoms with Crippen LogP contribution in [0.4, 0.5) is 0 Å². The molecule has 5 heteroatoms. The minimum atomic E-state index is -0.679. The lowest BCUT2D eigenvalue weighted by atomic mass is 9.89. The fraction of sp³-hybridized carbons (Fsp3) is 0.364. The molecule has 2 aromatic carbocycles. The molecule has 0 aliphatic carbocycles. The van der Waals surface area contributed by atoms with Crippen LogP contribution in [0.5, 0.6) is 0 Å². The van der Waals surface area contributed by atoms with Crippen molar-refractivity contribution < 1.29 is 14.7 Å². The van der Waals surface area contributed by atoms with Gasteiger partial charge in [0.1, 0.15) is 6.04 Å². The lowest BCUT2D eigenvalue weighted by Gasteiger charge is -2.26. The summed E-state index contributed by atoms with van der Waals surface area (Å²) in [5.41, 5.74) is 1.74. The number of benzene rings is 2. The summed E-state index contributed by atoms with van der Waals surface area (Å²) in [4.78, 5) is 25.7. The van der Waals surface area contributed by atoms with E-state index in [-0.39, 0.29) is 30.4 Å². The van der Waals surface area contributed by atoms with Crippen molar-refractivity contribution in [1.29, 1.82) is 0 Å². The Labute approximate surface area is 160 Å². The highest BCUT2D eigenvalue weighted by molar-refractivity contribution is 5.92. The van der Waals surface area contributed by atoms with Gasteiger partial charge in [-0.15, -0.1) is 0 Å². The van der Waals surface area contributed by atoms with Gasteiger partial charge in [0.25, 0.3) is 0 Å². The van der Waals surface area contributed by atoms with Crippen molar-refractivity contribution in [3.63, 3.8) is 0 Å². The first-order chi connectivity index (χ1) is 12.9. The molecule has 5 nitrogen and oxygen atoms in total. The molecule has 0 aliphatic heterocycles. The van der Waals surface area contributed by atoms with Crippen molar-refractivity contribution in [1.82, 2.24) is 10.6 Å². The van der Waals surface area contributed by atoms with E-state index in [0.717, 1.165) is 11.1 Å². The van der Waals surface area contributed by atoms with Gasteiger partial charge in [-0.2, -0.15) is 0 Å². The second-order valence-electron chi connectivity index (χ2n) is 7.08. The fourth-order valence-electron chi connectivity index (χ4n) is 2.94. The molecule has 0 heterocycles. The summed E-state index contributed by atoms with van der Waals surface area (Å²) in [6, 6.07) is 18.0. The molecule has 0 fully saturated rings. The van der Waals surface area contributed by atoms with E-state index in [0.29, 0.717) is 0 Å². The Balaban J connectivity index is 2.27. The molecule has 2 amide bonds. The molecule has 0 bridgehead atoms. The molecular weight excluding hydrogens is 340 g/mol. The van der Waals surface area contributed by atoms with Crippen LogP contribution in [0, 0.1) is 5.92 Å². The van der Waals surface area contributed by atoms with Gasteiger partial charge in [0.2, 0.25) is 11.8 Å². The molecular formula is C22H28N2O3. The van der Waals surface area contributed by atoms with Crippen molar-refractivity contribution in [3.05, 3.63) is 71.8 Å². The average Bonchev–Trinajstić information content (AvgIpc) is 2.67. The Hall–Kier alpha value is -2.66. The second-order valence-corrected chi connectivity index (χ2v) is 7.08. The molecule has 0 saturated carbocycles. The number of carbonyl (C=O) groups excluding carboxylic acids is 2. The van der Waals surface area contributed by atoms with Gasteiger partial charge < -0.3 is 15.7 Å². The first-order valence-electron chi connectivity index (χ1n) is 9.25. The Morgan fingerprint density at radius 2 is 1.30 bits per heavy atom. The lowest BCUT2D eigenvalue weighted by Crippen LogP contribution is -2.53. The maximum Gasteiger partial charge on any atom is 0.243 e. The standard InChI is InChI=1S/C22H28N2O3/c1-15(2)20(22(27)23-16(3)14-25)24-21(26)19(17-10-6-4-7-11-17)18-12-8-5-9-13-18/h4-13,15-16,19-20,25H,14H2,1-3H3,(H,23,27)(H,24,26)/t16-,20-/m0/s1. The number of amides is 2. The number of hydrogen-bond donors (Lipinski definition) is 3. The SMILES string of the molecule is CC(C)[C@H](NC(=O)C(c1ccccc1)c1ccccc1)C(=O)N[C@@H](C)CO. The molecule has 2 aromatic rings. The summed E-state index contributed by atoms with van der Waals surface area (Å²) >= 11 is 0. The molecule has 0 unspecified atom stereocenters. The highest BCUT2D eigenvalue weighted by atomic mass is 16.3. The van der Waals surface area contributed by atoms with Gasteiger partial charge in [0.15, 0.2) is 0 Å². The van der Waals surface area contributed by atoms with Crippen LogP contribution >= 0.6 is 0 Å². The highest BCUT2D eigenvalue weighted by Crippen LogP contribution is 2.25. The molecule has 0 spiro atoms. The largest absolute Gasteiger partial charge is 0.394 e. The van der Waals surface area contributed by atoms with Crippen LogP contribution in [0.15, 0.2) is 60.7 Å². The first-order valence-corrected chi connectivity index (χ1v) is 9.25. The molecule has 3 N–H and O–H groups in total. The van der Waals surface area contributed by atoms with E-state index in [1.165, 1.54) is 0 Å². The molecule has 144 valence electrons. The number of hydrogen-bond acceptors (Lipinski definition) is 3. The maximum atomic E-state index is 13.2.